The van der Waals surface area contributed by atoms with E-state index in [4.69, 9.17) is 9.47 Å². The van der Waals surface area contributed by atoms with Crippen LogP contribution in [-0.4, -0.2) is 24.5 Å². The van der Waals surface area contributed by atoms with Gasteiger partial charge in [0.1, 0.15) is 11.5 Å². The van der Waals surface area contributed by atoms with E-state index in [2.05, 4.69) is 24.4 Å². The maximum absolute atomic E-state index is 12.8. The van der Waals surface area contributed by atoms with Crippen LogP contribution in [-0.2, 0) is 11.2 Å². The van der Waals surface area contributed by atoms with Gasteiger partial charge in [-0.3, -0.25) is 4.79 Å². The second kappa shape index (κ2) is 14.4. The Labute approximate surface area is 226 Å². The van der Waals surface area contributed by atoms with Gasteiger partial charge in [-0.2, -0.15) is 0 Å². The van der Waals surface area contributed by atoms with Crippen LogP contribution in [0.3, 0.4) is 0 Å². The molecule has 3 aromatic carbocycles. The van der Waals surface area contributed by atoms with Crippen LogP contribution in [0, 0.1) is 0 Å². The highest BCUT2D eigenvalue weighted by atomic mass is 16.5. The highest BCUT2D eigenvalue weighted by Gasteiger charge is 2.25. The number of unbranched alkanes of at least 4 members (excludes halogenated alkanes) is 7. The van der Waals surface area contributed by atoms with Crippen molar-refractivity contribution in [2.75, 3.05) is 6.61 Å². The van der Waals surface area contributed by atoms with Crippen LogP contribution in [0.4, 0.5) is 0 Å². The summed E-state index contributed by atoms with van der Waals surface area (Å²) in [6.45, 7) is 2.88. The largest absolute Gasteiger partial charge is 0.493 e. The van der Waals surface area contributed by atoms with Crippen LogP contribution in [0.1, 0.15) is 80.6 Å². The molecule has 5 heteroatoms. The van der Waals surface area contributed by atoms with Gasteiger partial charge in [-0.25, -0.2) is 4.79 Å². The number of rotatable bonds is 15. The van der Waals surface area contributed by atoms with Crippen LogP contribution < -0.4 is 14.8 Å². The Morgan fingerprint density at radius 1 is 0.868 bits per heavy atom. The van der Waals surface area contributed by atoms with Crippen molar-refractivity contribution in [1.82, 2.24) is 5.32 Å². The quantitative estimate of drug-likeness (QED) is 0.0988. The number of esters is 1. The Morgan fingerprint density at radius 3 is 2.24 bits per heavy atom. The predicted octanol–water partition coefficient (Wildman–Crippen LogP) is 7.52. The fourth-order valence-electron chi connectivity index (χ4n) is 4.74. The number of ether oxygens (including phenoxy) is 2. The monoisotopic (exact) mass is 513 g/mol. The summed E-state index contributed by atoms with van der Waals surface area (Å²) in [5, 5.41) is 2.87. The molecule has 1 heterocycles. The maximum atomic E-state index is 12.8. The number of carbonyl (C=O) groups excluding carboxylic acids is 2. The Bertz CT molecular complexity index is 1170. The molecule has 1 amide bonds. The molecule has 1 aliphatic heterocycles. The Balaban J connectivity index is 1.34. The summed E-state index contributed by atoms with van der Waals surface area (Å²) in [7, 11) is 0. The molecule has 0 unspecified atom stereocenters. The lowest BCUT2D eigenvalue weighted by molar-refractivity contribution is -0.128. The van der Waals surface area contributed by atoms with Crippen LogP contribution in [0.25, 0.3) is 11.1 Å². The van der Waals surface area contributed by atoms with Crippen LogP contribution >= 0.6 is 0 Å². The molecule has 0 saturated carbocycles. The normalized spacial score (nSPS) is 14.4. The minimum atomic E-state index is -0.407. The van der Waals surface area contributed by atoms with Gasteiger partial charge in [-0.15, -0.1) is 0 Å². The maximum Gasteiger partial charge on any atom is 0.343 e. The van der Waals surface area contributed by atoms with Crippen LogP contribution in [0.5, 0.6) is 11.5 Å². The second-order valence-electron chi connectivity index (χ2n) is 10.1. The first-order chi connectivity index (χ1) is 18.6. The number of benzene rings is 3. The molecule has 0 spiro atoms. The van der Waals surface area contributed by atoms with Crippen molar-refractivity contribution in [3.05, 3.63) is 83.9 Å². The summed E-state index contributed by atoms with van der Waals surface area (Å²) < 4.78 is 11.9. The Hall–Kier alpha value is -3.60. The summed E-state index contributed by atoms with van der Waals surface area (Å²) >= 11 is 0. The van der Waals surface area contributed by atoms with Crippen molar-refractivity contribution in [1.29, 1.82) is 0 Å². The zero-order valence-electron chi connectivity index (χ0n) is 22.4. The predicted molar refractivity (Wildman–Crippen MR) is 152 cm³/mol. The Morgan fingerprint density at radius 2 is 1.55 bits per heavy atom. The standard InChI is InChI=1S/C33H39NO4/c1-2-3-4-5-6-7-8-12-21-37-31-24-29(19-20-30(31)26-13-10-9-11-14-26)38-33(36)27-17-15-25(16-18-27)22-28-23-32(35)34-28/h9-11,13-20,24,28H,2-8,12,21-23H2,1H3,(H,34,35)/t28-/m0/s1. The highest BCUT2D eigenvalue weighted by Crippen LogP contribution is 2.34. The Kier molecular flexibility index (Phi) is 10.4. The minimum absolute atomic E-state index is 0.0923. The smallest absolute Gasteiger partial charge is 0.343 e. The zero-order valence-corrected chi connectivity index (χ0v) is 22.4. The number of nitrogens with one attached hydrogen (secondary N) is 1. The lowest BCUT2D eigenvalue weighted by Gasteiger charge is -2.26. The van der Waals surface area contributed by atoms with E-state index in [0.717, 1.165) is 41.7 Å². The van der Waals surface area contributed by atoms with E-state index in [0.29, 0.717) is 24.3 Å². The molecule has 0 bridgehead atoms. The minimum Gasteiger partial charge on any atom is -0.493 e. The summed E-state index contributed by atoms with van der Waals surface area (Å²) in [4.78, 5) is 23.9. The zero-order chi connectivity index (χ0) is 26.6. The van der Waals surface area contributed by atoms with Gasteiger partial charge in [0, 0.05) is 24.1 Å². The summed E-state index contributed by atoms with van der Waals surface area (Å²) in [5.41, 5.74) is 3.61. The lowest BCUT2D eigenvalue weighted by atomic mass is 9.97. The van der Waals surface area contributed by atoms with Crippen molar-refractivity contribution in [3.8, 4) is 22.6 Å². The molecule has 200 valence electrons. The van der Waals surface area contributed by atoms with Gasteiger partial charge < -0.3 is 14.8 Å². The summed E-state index contributed by atoms with van der Waals surface area (Å²) in [6.07, 6.45) is 11.3. The molecule has 1 atom stereocenters. The fourth-order valence-corrected chi connectivity index (χ4v) is 4.74. The molecule has 0 aliphatic carbocycles. The molecule has 3 aromatic rings. The van der Waals surface area contributed by atoms with Crippen molar-refractivity contribution in [3.63, 3.8) is 0 Å². The van der Waals surface area contributed by atoms with E-state index in [1.165, 1.54) is 38.5 Å². The molecule has 38 heavy (non-hydrogen) atoms. The van der Waals surface area contributed by atoms with Gasteiger partial charge in [0.05, 0.1) is 12.2 Å². The van der Waals surface area contributed by atoms with Gasteiger partial charge in [0.15, 0.2) is 0 Å². The molecular weight excluding hydrogens is 474 g/mol. The van der Waals surface area contributed by atoms with Gasteiger partial charge in [-0.1, -0.05) is 94.3 Å². The molecule has 0 radical (unpaired) electrons. The third kappa shape index (κ3) is 8.20. The first-order valence-corrected chi connectivity index (χ1v) is 14.0. The van der Waals surface area contributed by atoms with E-state index in [-0.39, 0.29) is 11.9 Å². The molecule has 4 rings (SSSR count). The van der Waals surface area contributed by atoms with E-state index in [9.17, 15) is 9.59 Å². The lowest BCUT2D eigenvalue weighted by Crippen LogP contribution is -2.49. The first kappa shape index (κ1) is 27.4. The fraction of sp³-hybridized carbons (Fsp3) is 0.394. The number of carbonyl (C=O) groups is 2. The van der Waals surface area contributed by atoms with E-state index >= 15 is 0 Å². The van der Waals surface area contributed by atoms with Gasteiger partial charge >= 0.3 is 5.97 Å². The molecular formula is C33H39NO4. The first-order valence-electron chi connectivity index (χ1n) is 14.0. The van der Waals surface area contributed by atoms with Crippen molar-refractivity contribution in [2.24, 2.45) is 0 Å². The molecule has 5 nitrogen and oxygen atoms in total. The summed E-state index contributed by atoms with van der Waals surface area (Å²) in [5.74, 6) is 0.869. The highest BCUT2D eigenvalue weighted by molar-refractivity contribution is 5.91. The van der Waals surface area contributed by atoms with Gasteiger partial charge in [-0.05, 0) is 48.2 Å². The number of hydrogen-bond donors (Lipinski definition) is 1. The van der Waals surface area contributed by atoms with Crippen molar-refractivity contribution in [2.45, 2.75) is 77.2 Å². The van der Waals surface area contributed by atoms with Crippen molar-refractivity contribution < 1.29 is 19.1 Å². The topological polar surface area (TPSA) is 64.6 Å². The average molecular weight is 514 g/mol. The molecule has 1 fully saturated rings. The van der Waals surface area contributed by atoms with E-state index in [1.807, 2.05) is 48.5 Å². The molecule has 1 N–H and O–H groups in total. The number of hydrogen-bond acceptors (Lipinski definition) is 4. The van der Waals surface area contributed by atoms with E-state index in [1.54, 1.807) is 12.1 Å². The number of β-lactam (4-membered cyclic amide) rings is 1. The van der Waals surface area contributed by atoms with Crippen LogP contribution in [0.2, 0.25) is 0 Å². The SMILES string of the molecule is CCCCCCCCCCOc1cc(OC(=O)c2ccc(C[C@H]3CC(=O)N3)cc2)ccc1-c1ccccc1. The molecule has 0 aromatic heterocycles. The van der Waals surface area contributed by atoms with Crippen LogP contribution in [0.15, 0.2) is 72.8 Å². The average Bonchev–Trinajstić information content (AvgIpc) is 2.92. The third-order valence-electron chi connectivity index (χ3n) is 6.97. The van der Waals surface area contributed by atoms with Crippen molar-refractivity contribution >= 4 is 11.9 Å². The molecule has 1 aliphatic rings. The number of amides is 1. The molecule has 1 saturated heterocycles. The van der Waals surface area contributed by atoms with Gasteiger partial charge in [0.25, 0.3) is 0 Å². The third-order valence-corrected chi connectivity index (χ3v) is 6.97. The summed E-state index contributed by atoms with van der Waals surface area (Å²) in [6, 6.07) is 23.3. The van der Waals surface area contributed by atoms with E-state index < -0.39 is 5.97 Å². The van der Waals surface area contributed by atoms with Gasteiger partial charge in [0.2, 0.25) is 5.91 Å². The second-order valence-corrected chi connectivity index (χ2v) is 10.1.